The second kappa shape index (κ2) is 8.29. The van der Waals surface area contributed by atoms with Crippen LogP contribution in [-0.2, 0) is 10.8 Å². The highest BCUT2D eigenvalue weighted by atomic mass is 15.2. The Labute approximate surface area is 196 Å². The van der Waals surface area contributed by atoms with Gasteiger partial charge >= 0.3 is 0 Å². The molecule has 0 aromatic heterocycles. The van der Waals surface area contributed by atoms with E-state index < -0.39 is 0 Å². The lowest BCUT2D eigenvalue weighted by atomic mass is 9.94. The van der Waals surface area contributed by atoms with Crippen molar-refractivity contribution in [3.63, 3.8) is 0 Å². The minimum atomic E-state index is 0.526. The van der Waals surface area contributed by atoms with Gasteiger partial charge in [0.25, 0.3) is 0 Å². The molecule has 2 nitrogen and oxygen atoms in total. The van der Waals surface area contributed by atoms with Crippen LogP contribution in [0.25, 0.3) is 0 Å². The SMILES string of the molecule is CCCN1CC2CC2(c2ccc(C)cc2)C1.Cc1ccc(C23CC2CN(C(C)C)C3)cc1. The molecule has 4 unspecified atom stereocenters. The van der Waals surface area contributed by atoms with Crippen molar-refractivity contribution in [3.8, 4) is 0 Å². The van der Waals surface area contributed by atoms with E-state index in [1.807, 2.05) is 0 Å². The summed E-state index contributed by atoms with van der Waals surface area (Å²) in [7, 11) is 0. The van der Waals surface area contributed by atoms with E-state index in [2.05, 4.69) is 92.9 Å². The number of piperidine rings is 2. The van der Waals surface area contributed by atoms with Crippen LogP contribution in [-0.4, -0.2) is 48.6 Å². The molecular weight excluding hydrogens is 388 g/mol. The van der Waals surface area contributed by atoms with Crippen LogP contribution in [0.2, 0.25) is 0 Å². The summed E-state index contributed by atoms with van der Waals surface area (Å²) < 4.78 is 0. The van der Waals surface area contributed by atoms with Gasteiger partial charge in [-0.2, -0.15) is 0 Å². The molecule has 2 aromatic carbocycles. The largest absolute Gasteiger partial charge is 0.302 e. The van der Waals surface area contributed by atoms with Gasteiger partial charge in [-0.1, -0.05) is 66.6 Å². The van der Waals surface area contributed by atoms with E-state index in [1.165, 1.54) is 63.1 Å². The van der Waals surface area contributed by atoms with E-state index in [1.54, 1.807) is 11.1 Å². The van der Waals surface area contributed by atoms with Gasteiger partial charge in [0, 0.05) is 43.1 Å². The average molecular weight is 431 g/mol. The van der Waals surface area contributed by atoms with E-state index >= 15 is 0 Å². The molecule has 2 heterocycles. The molecule has 0 bridgehead atoms. The molecule has 0 radical (unpaired) electrons. The van der Waals surface area contributed by atoms with E-state index in [0.717, 1.165) is 11.8 Å². The number of aryl methyl sites for hydroxylation is 2. The predicted molar refractivity (Wildman–Crippen MR) is 135 cm³/mol. The van der Waals surface area contributed by atoms with Crippen molar-refractivity contribution in [1.29, 1.82) is 0 Å². The molecule has 2 aliphatic heterocycles. The Kier molecular flexibility index (Phi) is 5.75. The van der Waals surface area contributed by atoms with Crippen molar-refractivity contribution in [2.24, 2.45) is 11.8 Å². The van der Waals surface area contributed by atoms with Crippen molar-refractivity contribution in [2.45, 2.75) is 70.8 Å². The van der Waals surface area contributed by atoms with Crippen molar-refractivity contribution < 1.29 is 0 Å². The van der Waals surface area contributed by atoms with Gasteiger partial charge in [0.1, 0.15) is 0 Å². The summed E-state index contributed by atoms with van der Waals surface area (Å²) in [6, 6.07) is 19.2. The Hall–Kier alpha value is -1.64. The second-order valence-electron chi connectivity index (χ2n) is 11.6. The summed E-state index contributed by atoms with van der Waals surface area (Å²) in [5, 5.41) is 0. The second-order valence-corrected chi connectivity index (χ2v) is 11.6. The Bertz CT molecular complexity index is 930. The van der Waals surface area contributed by atoms with Gasteiger partial charge in [0.05, 0.1) is 0 Å². The van der Waals surface area contributed by atoms with Crippen LogP contribution >= 0.6 is 0 Å². The molecule has 2 aliphatic carbocycles. The summed E-state index contributed by atoms with van der Waals surface area (Å²) in [6.07, 6.45) is 4.13. The molecule has 2 heteroatoms. The molecule has 4 atom stereocenters. The molecule has 4 aliphatic rings. The molecular formula is C30H42N2. The summed E-state index contributed by atoms with van der Waals surface area (Å²) in [6.45, 7) is 17.7. The highest BCUT2D eigenvalue weighted by Gasteiger charge is 2.61. The van der Waals surface area contributed by atoms with Gasteiger partial charge in [-0.3, -0.25) is 4.90 Å². The van der Waals surface area contributed by atoms with Crippen LogP contribution in [0.1, 0.15) is 62.3 Å². The smallest absolute Gasteiger partial charge is 0.0124 e. The maximum Gasteiger partial charge on any atom is 0.0124 e. The topological polar surface area (TPSA) is 6.48 Å². The molecule has 6 rings (SSSR count). The van der Waals surface area contributed by atoms with E-state index in [9.17, 15) is 0 Å². The highest BCUT2D eigenvalue weighted by molar-refractivity contribution is 5.39. The third-order valence-corrected chi connectivity index (χ3v) is 8.91. The van der Waals surface area contributed by atoms with Gasteiger partial charge in [-0.15, -0.1) is 0 Å². The lowest BCUT2D eigenvalue weighted by Crippen LogP contribution is -2.32. The molecule has 0 spiro atoms. The minimum Gasteiger partial charge on any atom is -0.302 e. The van der Waals surface area contributed by atoms with Crippen LogP contribution in [0.15, 0.2) is 48.5 Å². The maximum atomic E-state index is 2.65. The maximum absolute atomic E-state index is 2.65. The van der Waals surface area contributed by atoms with Crippen LogP contribution < -0.4 is 0 Å². The zero-order chi connectivity index (χ0) is 22.5. The molecule has 32 heavy (non-hydrogen) atoms. The van der Waals surface area contributed by atoms with Crippen molar-refractivity contribution >= 4 is 0 Å². The minimum absolute atomic E-state index is 0.526. The monoisotopic (exact) mass is 430 g/mol. The first kappa shape index (κ1) is 22.2. The van der Waals surface area contributed by atoms with Gasteiger partial charge < -0.3 is 4.90 Å². The zero-order valence-corrected chi connectivity index (χ0v) is 20.9. The summed E-state index contributed by atoms with van der Waals surface area (Å²) in [4.78, 5) is 5.28. The molecule has 0 amide bonds. The molecule has 0 N–H and O–H groups in total. The Morgan fingerprint density at radius 3 is 1.75 bits per heavy atom. The number of likely N-dealkylation sites (tertiary alicyclic amines) is 2. The number of hydrogen-bond donors (Lipinski definition) is 0. The molecule has 2 aromatic rings. The highest BCUT2D eigenvalue weighted by Crippen LogP contribution is 2.60. The Morgan fingerprint density at radius 2 is 1.28 bits per heavy atom. The van der Waals surface area contributed by atoms with Crippen LogP contribution in [0.3, 0.4) is 0 Å². The van der Waals surface area contributed by atoms with Crippen LogP contribution in [0.5, 0.6) is 0 Å². The van der Waals surface area contributed by atoms with Gasteiger partial charge in [-0.05, 0) is 76.5 Å². The number of nitrogens with zero attached hydrogens (tertiary/aromatic N) is 2. The fraction of sp³-hybridized carbons (Fsp3) is 0.600. The van der Waals surface area contributed by atoms with Crippen molar-refractivity contribution in [3.05, 3.63) is 70.8 Å². The predicted octanol–water partition coefficient (Wildman–Crippen LogP) is 5.96. The summed E-state index contributed by atoms with van der Waals surface area (Å²) in [5.41, 5.74) is 6.98. The van der Waals surface area contributed by atoms with E-state index in [-0.39, 0.29) is 0 Å². The zero-order valence-electron chi connectivity index (χ0n) is 20.9. The van der Waals surface area contributed by atoms with Gasteiger partial charge in [-0.25, -0.2) is 0 Å². The van der Waals surface area contributed by atoms with Crippen LogP contribution in [0.4, 0.5) is 0 Å². The number of benzene rings is 2. The van der Waals surface area contributed by atoms with E-state index in [0.29, 0.717) is 16.9 Å². The van der Waals surface area contributed by atoms with Crippen molar-refractivity contribution in [1.82, 2.24) is 9.80 Å². The fourth-order valence-electron chi connectivity index (χ4n) is 6.65. The molecule has 2 saturated heterocycles. The molecule has 2 saturated carbocycles. The number of rotatable bonds is 5. The number of fused-ring (bicyclic) bond motifs is 2. The van der Waals surface area contributed by atoms with Gasteiger partial charge in [0.15, 0.2) is 0 Å². The van der Waals surface area contributed by atoms with Crippen molar-refractivity contribution in [2.75, 3.05) is 32.7 Å². The third-order valence-electron chi connectivity index (χ3n) is 8.91. The molecule has 4 fully saturated rings. The first-order valence-corrected chi connectivity index (χ1v) is 13.0. The lowest BCUT2D eigenvalue weighted by molar-refractivity contribution is 0.243. The average Bonchev–Trinajstić information content (AvgIpc) is 3.57. The molecule has 172 valence electrons. The third kappa shape index (κ3) is 3.94. The van der Waals surface area contributed by atoms with Gasteiger partial charge in [0.2, 0.25) is 0 Å². The van der Waals surface area contributed by atoms with Crippen LogP contribution in [0, 0.1) is 25.7 Å². The summed E-state index contributed by atoms with van der Waals surface area (Å²) in [5.74, 6) is 1.87. The quantitative estimate of drug-likeness (QED) is 0.578. The lowest BCUT2D eigenvalue weighted by Gasteiger charge is -2.24. The fourth-order valence-corrected chi connectivity index (χ4v) is 6.65. The Balaban J connectivity index is 0.000000135. The number of hydrogen-bond acceptors (Lipinski definition) is 2. The first-order valence-electron chi connectivity index (χ1n) is 13.0. The Morgan fingerprint density at radius 1 is 0.781 bits per heavy atom. The summed E-state index contributed by atoms with van der Waals surface area (Å²) >= 11 is 0. The first-order chi connectivity index (χ1) is 15.4. The van der Waals surface area contributed by atoms with E-state index in [4.69, 9.17) is 0 Å². The standard InChI is InChI=1S/2C15H21N/c1-11(2)16-9-14-8-15(14,10-16)13-6-4-12(3)5-7-13;1-3-8-16-10-14-9-15(14,11-16)13-6-4-12(2)5-7-13/h4-7,11,14H,8-10H2,1-3H3;4-7,14H,3,8-11H2,1-2H3. The normalized spacial score (nSPS) is 32.9.